The minimum Gasteiger partial charge on any atom is -0.467 e. The highest BCUT2D eigenvalue weighted by molar-refractivity contribution is 7.99. The molecule has 28 heavy (non-hydrogen) atoms. The van der Waals surface area contributed by atoms with Gasteiger partial charge >= 0.3 is 0 Å². The second-order valence-corrected chi connectivity index (χ2v) is 8.97. The van der Waals surface area contributed by atoms with Gasteiger partial charge in [0.15, 0.2) is 5.16 Å². The van der Waals surface area contributed by atoms with Crippen LogP contribution in [0.2, 0.25) is 0 Å². The fourth-order valence-corrected chi connectivity index (χ4v) is 4.03. The quantitative estimate of drug-likeness (QED) is 0.678. The summed E-state index contributed by atoms with van der Waals surface area (Å²) in [6.45, 7) is 11.0. The number of carbonyl (C=O) groups excluding carboxylic acids is 1. The Morgan fingerprint density at radius 2 is 2.21 bits per heavy atom. The van der Waals surface area contributed by atoms with Gasteiger partial charge in [0.1, 0.15) is 5.76 Å². The summed E-state index contributed by atoms with van der Waals surface area (Å²) in [5.41, 5.74) is 0. The maximum Gasteiger partial charge on any atom is 0.230 e. The lowest BCUT2D eigenvalue weighted by Crippen LogP contribution is -2.37. The van der Waals surface area contributed by atoms with E-state index in [0.717, 1.165) is 36.4 Å². The topological polar surface area (TPSA) is 76.2 Å². The second kappa shape index (κ2) is 9.49. The third kappa shape index (κ3) is 5.31. The van der Waals surface area contributed by atoms with Gasteiger partial charge in [0.2, 0.25) is 11.9 Å². The van der Waals surface area contributed by atoms with Crippen molar-refractivity contribution in [2.45, 2.75) is 58.3 Å². The van der Waals surface area contributed by atoms with Crippen molar-refractivity contribution in [3.63, 3.8) is 0 Å². The van der Waals surface area contributed by atoms with Crippen LogP contribution in [0.25, 0.3) is 0 Å². The Kier molecular flexibility index (Phi) is 7.04. The molecule has 0 spiro atoms. The Balaban J connectivity index is 1.73. The van der Waals surface area contributed by atoms with Crippen molar-refractivity contribution < 1.29 is 9.21 Å². The van der Waals surface area contributed by atoms with Crippen LogP contribution in [0.1, 0.15) is 46.3 Å². The molecule has 1 fully saturated rings. The number of hydrogen-bond acceptors (Lipinski definition) is 6. The molecule has 1 aliphatic heterocycles. The van der Waals surface area contributed by atoms with Crippen molar-refractivity contribution >= 4 is 23.6 Å². The fourth-order valence-electron chi connectivity index (χ4n) is 3.28. The highest BCUT2D eigenvalue weighted by Crippen LogP contribution is 2.27. The molecule has 2 unspecified atom stereocenters. The van der Waals surface area contributed by atoms with E-state index in [9.17, 15) is 4.79 Å². The van der Waals surface area contributed by atoms with Crippen LogP contribution in [0.4, 0.5) is 5.95 Å². The zero-order valence-corrected chi connectivity index (χ0v) is 18.0. The van der Waals surface area contributed by atoms with Crippen LogP contribution in [-0.2, 0) is 11.3 Å². The van der Waals surface area contributed by atoms with Crippen molar-refractivity contribution in [2.24, 2.45) is 11.8 Å². The van der Waals surface area contributed by atoms with Gasteiger partial charge in [-0.1, -0.05) is 32.5 Å². The van der Waals surface area contributed by atoms with E-state index in [4.69, 9.17) is 4.42 Å². The smallest absolute Gasteiger partial charge is 0.230 e. The molecule has 2 aromatic heterocycles. The molecule has 1 amide bonds. The molecule has 3 rings (SSSR count). The van der Waals surface area contributed by atoms with Gasteiger partial charge in [-0.3, -0.25) is 9.36 Å². The highest BCUT2D eigenvalue weighted by Gasteiger charge is 2.24. The molecule has 3 heterocycles. The number of piperidine rings is 1. The Hall–Kier alpha value is -1.96. The van der Waals surface area contributed by atoms with E-state index >= 15 is 0 Å². The molecule has 2 aromatic rings. The van der Waals surface area contributed by atoms with E-state index in [0.29, 0.717) is 24.1 Å². The summed E-state index contributed by atoms with van der Waals surface area (Å²) in [5, 5.41) is 12.7. The molecule has 0 bridgehead atoms. The van der Waals surface area contributed by atoms with E-state index in [1.165, 1.54) is 18.2 Å². The van der Waals surface area contributed by atoms with Crippen LogP contribution in [0, 0.1) is 11.8 Å². The van der Waals surface area contributed by atoms with Crippen molar-refractivity contribution in [2.75, 3.05) is 23.7 Å². The first-order chi connectivity index (χ1) is 13.4. The van der Waals surface area contributed by atoms with Gasteiger partial charge in [-0.05, 0) is 43.7 Å². The second-order valence-electron chi connectivity index (χ2n) is 8.03. The number of thioether (sulfide) groups is 1. The number of aromatic nitrogens is 3. The van der Waals surface area contributed by atoms with Crippen molar-refractivity contribution in [1.82, 2.24) is 20.1 Å². The first-order valence-electron chi connectivity index (χ1n) is 10.1. The van der Waals surface area contributed by atoms with Gasteiger partial charge in [0.05, 0.1) is 18.6 Å². The predicted molar refractivity (Wildman–Crippen MR) is 112 cm³/mol. The summed E-state index contributed by atoms with van der Waals surface area (Å²) in [7, 11) is 0. The molecule has 1 N–H and O–H groups in total. The van der Waals surface area contributed by atoms with Crippen LogP contribution < -0.4 is 10.2 Å². The van der Waals surface area contributed by atoms with Crippen molar-refractivity contribution in [3.8, 4) is 0 Å². The molecule has 154 valence electrons. The number of anilines is 1. The maximum absolute atomic E-state index is 12.3. The third-order valence-electron chi connectivity index (χ3n) is 5.25. The normalized spacial score (nSPS) is 18.5. The van der Waals surface area contributed by atoms with E-state index in [1.54, 1.807) is 6.26 Å². The number of carbonyl (C=O) groups is 1. The van der Waals surface area contributed by atoms with Crippen LogP contribution in [0.3, 0.4) is 0 Å². The molecule has 0 aromatic carbocycles. The number of nitrogens with zero attached hydrogens (tertiary/aromatic N) is 4. The molecule has 0 saturated carbocycles. The Labute approximate surface area is 171 Å². The molecule has 2 atom stereocenters. The lowest BCUT2D eigenvalue weighted by Gasteiger charge is -2.31. The molecule has 1 saturated heterocycles. The highest BCUT2D eigenvalue weighted by atomic mass is 32.2. The number of nitrogens with one attached hydrogen (secondary N) is 1. The minimum absolute atomic E-state index is 0.0203. The Bertz CT molecular complexity index is 759. The van der Waals surface area contributed by atoms with Gasteiger partial charge in [0, 0.05) is 19.1 Å². The number of amides is 1. The standard InChI is InChI=1S/C20H31N5O2S/c1-14(2)16(4)21-18(26)13-28-20-23-22-19(24-9-5-7-15(3)11-24)25(20)12-17-8-6-10-27-17/h6,8,10,14-16H,5,7,9,11-13H2,1-4H3,(H,21,26). The molecule has 7 nitrogen and oxygen atoms in total. The largest absolute Gasteiger partial charge is 0.467 e. The van der Waals surface area contributed by atoms with Gasteiger partial charge in [-0.25, -0.2) is 0 Å². The molecular formula is C20H31N5O2S. The van der Waals surface area contributed by atoms with Gasteiger partial charge < -0.3 is 14.6 Å². The lowest BCUT2D eigenvalue weighted by atomic mass is 10.0. The molecule has 1 aliphatic rings. The number of rotatable bonds is 8. The van der Waals surface area contributed by atoms with Crippen molar-refractivity contribution in [3.05, 3.63) is 24.2 Å². The first-order valence-corrected chi connectivity index (χ1v) is 11.0. The average molecular weight is 406 g/mol. The summed E-state index contributed by atoms with van der Waals surface area (Å²) >= 11 is 1.43. The predicted octanol–water partition coefficient (Wildman–Crippen LogP) is 3.41. The SMILES string of the molecule is CC1CCCN(c2nnc(SCC(=O)NC(C)C(C)C)n2Cc2ccco2)C1. The first kappa shape index (κ1) is 20.8. The van der Waals surface area contributed by atoms with Crippen LogP contribution >= 0.6 is 11.8 Å². The number of furan rings is 1. The monoisotopic (exact) mass is 405 g/mol. The summed E-state index contributed by atoms with van der Waals surface area (Å²) in [5.74, 6) is 3.11. The van der Waals surface area contributed by atoms with Crippen LogP contribution in [-0.4, -0.2) is 45.6 Å². The Morgan fingerprint density at radius 1 is 1.39 bits per heavy atom. The minimum atomic E-state index is 0.0203. The van der Waals surface area contributed by atoms with E-state index in [2.05, 4.69) is 45.8 Å². The average Bonchev–Trinajstić information content (AvgIpc) is 3.30. The fraction of sp³-hybridized carbons (Fsp3) is 0.650. The van der Waals surface area contributed by atoms with Crippen molar-refractivity contribution in [1.29, 1.82) is 0 Å². The van der Waals surface area contributed by atoms with Gasteiger partial charge in [-0.2, -0.15) is 0 Å². The third-order valence-corrected chi connectivity index (χ3v) is 6.22. The summed E-state index contributed by atoms with van der Waals surface area (Å²) in [4.78, 5) is 14.6. The summed E-state index contributed by atoms with van der Waals surface area (Å²) in [6, 6.07) is 3.99. The summed E-state index contributed by atoms with van der Waals surface area (Å²) < 4.78 is 7.62. The van der Waals surface area contributed by atoms with Crippen LogP contribution in [0.5, 0.6) is 0 Å². The van der Waals surface area contributed by atoms with Crippen LogP contribution in [0.15, 0.2) is 28.0 Å². The Morgan fingerprint density at radius 3 is 2.89 bits per heavy atom. The zero-order chi connectivity index (χ0) is 20.1. The maximum atomic E-state index is 12.3. The molecule has 0 aliphatic carbocycles. The van der Waals surface area contributed by atoms with E-state index in [-0.39, 0.29) is 11.9 Å². The molecular weight excluding hydrogens is 374 g/mol. The molecule has 8 heteroatoms. The molecule has 0 radical (unpaired) electrons. The lowest BCUT2D eigenvalue weighted by molar-refractivity contribution is -0.119. The number of hydrogen-bond donors (Lipinski definition) is 1. The zero-order valence-electron chi connectivity index (χ0n) is 17.2. The van der Waals surface area contributed by atoms with Gasteiger partial charge in [0.25, 0.3) is 0 Å². The van der Waals surface area contributed by atoms with E-state index in [1.807, 2.05) is 19.1 Å². The van der Waals surface area contributed by atoms with Gasteiger partial charge in [-0.15, -0.1) is 10.2 Å². The summed E-state index contributed by atoms with van der Waals surface area (Å²) in [6.07, 6.45) is 4.08. The van der Waals surface area contributed by atoms with E-state index < -0.39 is 0 Å².